The Labute approximate surface area is 177 Å². The lowest BCUT2D eigenvalue weighted by Gasteiger charge is -2.71. The molecule has 0 bridgehead atoms. The van der Waals surface area contributed by atoms with Crippen molar-refractivity contribution in [2.45, 2.75) is 49.7 Å². The number of aliphatic hydroxyl groups excluding tert-OH is 1. The van der Waals surface area contributed by atoms with E-state index in [4.69, 9.17) is 0 Å². The van der Waals surface area contributed by atoms with Gasteiger partial charge in [0.2, 0.25) is 5.91 Å². The molecule has 2 atom stereocenters. The predicted molar refractivity (Wildman–Crippen MR) is 113 cm³/mol. The number of hydrogen-bond acceptors (Lipinski definition) is 3. The smallest absolute Gasteiger partial charge is 0.225 e. The molecule has 30 heavy (non-hydrogen) atoms. The highest BCUT2D eigenvalue weighted by Gasteiger charge is 2.66. The van der Waals surface area contributed by atoms with E-state index in [9.17, 15) is 14.3 Å². The Hall–Kier alpha value is -2.24. The van der Waals surface area contributed by atoms with Crippen LogP contribution in [0.2, 0.25) is 0 Å². The van der Waals surface area contributed by atoms with E-state index in [1.54, 1.807) is 6.07 Å². The Morgan fingerprint density at radius 1 is 1.03 bits per heavy atom. The molecule has 1 aliphatic carbocycles. The van der Waals surface area contributed by atoms with Gasteiger partial charge in [-0.05, 0) is 24.5 Å². The van der Waals surface area contributed by atoms with Gasteiger partial charge in [0, 0.05) is 43.1 Å². The first-order valence-electron chi connectivity index (χ1n) is 11.1. The Morgan fingerprint density at radius 2 is 1.70 bits per heavy atom. The summed E-state index contributed by atoms with van der Waals surface area (Å²) in [5, 5.41) is 10.2. The van der Waals surface area contributed by atoms with E-state index in [1.807, 2.05) is 35.2 Å². The minimum absolute atomic E-state index is 0.0202. The lowest BCUT2D eigenvalue weighted by atomic mass is 9.60. The highest BCUT2D eigenvalue weighted by molar-refractivity contribution is 5.80. The van der Waals surface area contributed by atoms with Crippen molar-refractivity contribution in [1.82, 2.24) is 9.80 Å². The van der Waals surface area contributed by atoms with Crippen molar-refractivity contribution in [3.05, 3.63) is 71.5 Å². The van der Waals surface area contributed by atoms with Crippen LogP contribution < -0.4 is 0 Å². The molecule has 1 amide bonds. The van der Waals surface area contributed by atoms with Crippen molar-refractivity contribution >= 4 is 5.91 Å². The minimum atomic E-state index is -0.231. The van der Waals surface area contributed by atoms with E-state index in [0.29, 0.717) is 25.2 Å². The number of halogens is 1. The molecule has 0 radical (unpaired) electrons. The van der Waals surface area contributed by atoms with Crippen LogP contribution in [-0.4, -0.2) is 52.1 Å². The standard InChI is InChI=1S/C25H29FN2O2/c26-21-13-7-6-12-20(21)14-28-22(15-29)23(18-8-2-1-3-9-18)25(28)16-27(17-25)24(30)19-10-4-5-11-19/h1-3,6-9,12-13,19,22-23,29H,4-5,10-11,14-17H2/t22-,23+/m0/s1. The first kappa shape index (κ1) is 19.7. The lowest BCUT2D eigenvalue weighted by Crippen LogP contribution is -2.84. The molecule has 5 rings (SSSR count). The maximum Gasteiger partial charge on any atom is 0.225 e. The second-order valence-corrected chi connectivity index (χ2v) is 9.14. The molecule has 2 aliphatic heterocycles. The molecule has 5 heteroatoms. The lowest BCUT2D eigenvalue weighted by molar-refractivity contribution is -0.202. The van der Waals surface area contributed by atoms with Crippen LogP contribution in [0.4, 0.5) is 4.39 Å². The molecular weight excluding hydrogens is 379 g/mol. The zero-order valence-electron chi connectivity index (χ0n) is 17.2. The first-order chi connectivity index (χ1) is 14.6. The molecule has 1 saturated carbocycles. The summed E-state index contributed by atoms with van der Waals surface area (Å²) in [5.41, 5.74) is 1.60. The van der Waals surface area contributed by atoms with E-state index < -0.39 is 0 Å². The molecule has 2 heterocycles. The van der Waals surface area contributed by atoms with Crippen molar-refractivity contribution in [2.75, 3.05) is 19.7 Å². The van der Waals surface area contributed by atoms with E-state index in [2.05, 4.69) is 17.0 Å². The van der Waals surface area contributed by atoms with Gasteiger partial charge in [-0.25, -0.2) is 4.39 Å². The molecule has 0 unspecified atom stereocenters. The van der Waals surface area contributed by atoms with Crippen molar-refractivity contribution in [1.29, 1.82) is 0 Å². The van der Waals surface area contributed by atoms with Gasteiger partial charge in [-0.2, -0.15) is 0 Å². The predicted octanol–water partition coefficient (Wildman–Crippen LogP) is 3.56. The molecule has 2 aromatic carbocycles. The summed E-state index contributed by atoms with van der Waals surface area (Å²) < 4.78 is 14.4. The quantitative estimate of drug-likeness (QED) is 0.823. The number of rotatable bonds is 5. The number of nitrogens with zero attached hydrogens (tertiary/aromatic N) is 2. The van der Waals surface area contributed by atoms with E-state index in [0.717, 1.165) is 25.7 Å². The topological polar surface area (TPSA) is 43.8 Å². The molecule has 1 spiro atoms. The van der Waals surface area contributed by atoms with Crippen LogP contribution in [0, 0.1) is 11.7 Å². The van der Waals surface area contributed by atoms with Crippen molar-refractivity contribution < 1.29 is 14.3 Å². The van der Waals surface area contributed by atoms with E-state index in [1.165, 1.54) is 11.6 Å². The summed E-state index contributed by atoms with van der Waals surface area (Å²) in [4.78, 5) is 17.2. The molecular formula is C25H29FN2O2. The van der Waals surface area contributed by atoms with Gasteiger partial charge in [0.05, 0.1) is 12.1 Å². The summed E-state index contributed by atoms with van der Waals surface area (Å²) in [7, 11) is 0. The number of likely N-dealkylation sites (tertiary alicyclic amines) is 2. The SMILES string of the molecule is O=C(C1CCCC1)N1CC2(C1)[C@H](c1ccccc1)[C@H](CO)N2Cc1ccccc1F. The average Bonchev–Trinajstić information content (AvgIpc) is 3.26. The monoisotopic (exact) mass is 408 g/mol. The van der Waals surface area contributed by atoms with Gasteiger partial charge in [0.15, 0.2) is 0 Å². The van der Waals surface area contributed by atoms with Crippen LogP contribution in [0.25, 0.3) is 0 Å². The fourth-order valence-corrected chi connectivity index (χ4v) is 6.03. The largest absolute Gasteiger partial charge is 0.395 e. The van der Waals surface area contributed by atoms with Crippen LogP contribution in [-0.2, 0) is 11.3 Å². The van der Waals surface area contributed by atoms with Crippen molar-refractivity contribution in [3.8, 4) is 0 Å². The summed E-state index contributed by atoms with van der Waals surface area (Å²) in [6, 6.07) is 17.0. The van der Waals surface area contributed by atoms with Gasteiger partial charge in [-0.15, -0.1) is 0 Å². The number of aliphatic hydroxyl groups is 1. The van der Waals surface area contributed by atoms with Gasteiger partial charge < -0.3 is 10.0 Å². The third-order valence-corrected chi connectivity index (χ3v) is 7.53. The number of hydrogen-bond donors (Lipinski definition) is 1. The number of benzene rings is 2. The third kappa shape index (κ3) is 3.07. The van der Waals surface area contributed by atoms with Crippen LogP contribution in [0.3, 0.4) is 0 Å². The summed E-state index contributed by atoms with van der Waals surface area (Å²) in [5.74, 6) is 0.378. The van der Waals surface area contributed by atoms with E-state index in [-0.39, 0.29) is 41.7 Å². The molecule has 2 aromatic rings. The highest BCUT2D eigenvalue weighted by atomic mass is 19.1. The van der Waals surface area contributed by atoms with Gasteiger partial charge in [-0.1, -0.05) is 61.4 Å². The maximum absolute atomic E-state index is 14.4. The zero-order valence-corrected chi connectivity index (χ0v) is 17.2. The van der Waals surface area contributed by atoms with Gasteiger partial charge in [0.1, 0.15) is 5.82 Å². The highest BCUT2D eigenvalue weighted by Crippen LogP contribution is 2.54. The van der Waals surface area contributed by atoms with Crippen LogP contribution in [0.5, 0.6) is 0 Å². The van der Waals surface area contributed by atoms with Crippen LogP contribution in [0.15, 0.2) is 54.6 Å². The molecule has 1 N–H and O–H groups in total. The third-order valence-electron chi connectivity index (χ3n) is 7.53. The Bertz CT molecular complexity index is 906. The van der Waals surface area contributed by atoms with Crippen LogP contribution >= 0.6 is 0 Å². The summed E-state index contributed by atoms with van der Waals surface area (Å²) in [6.45, 7) is 1.79. The molecule has 158 valence electrons. The maximum atomic E-state index is 14.4. The second-order valence-electron chi connectivity index (χ2n) is 9.14. The molecule has 3 fully saturated rings. The fourth-order valence-electron chi connectivity index (χ4n) is 6.03. The minimum Gasteiger partial charge on any atom is -0.395 e. The Morgan fingerprint density at radius 3 is 2.37 bits per heavy atom. The molecule has 4 nitrogen and oxygen atoms in total. The fraction of sp³-hybridized carbons (Fsp3) is 0.480. The number of carbonyl (C=O) groups excluding carboxylic acids is 1. The van der Waals surface area contributed by atoms with Gasteiger partial charge in [0.25, 0.3) is 0 Å². The zero-order chi connectivity index (χ0) is 20.7. The second kappa shape index (κ2) is 7.78. The van der Waals surface area contributed by atoms with Crippen LogP contribution in [0.1, 0.15) is 42.7 Å². The van der Waals surface area contributed by atoms with Crippen molar-refractivity contribution in [3.63, 3.8) is 0 Å². The molecule has 0 aromatic heterocycles. The molecule has 3 aliphatic rings. The Balaban J connectivity index is 1.42. The van der Waals surface area contributed by atoms with E-state index >= 15 is 0 Å². The summed E-state index contributed by atoms with van der Waals surface area (Å²) in [6.07, 6.45) is 4.30. The van der Waals surface area contributed by atoms with Crippen molar-refractivity contribution in [2.24, 2.45) is 5.92 Å². The Kier molecular flexibility index (Phi) is 5.11. The summed E-state index contributed by atoms with van der Waals surface area (Å²) >= 11 is 0. The van der Waals surface area contributed by atoms with Gasteiger partial charge >= 0.3 is 0 Å². The first-order valence-corrected chi connectivity index (χ1v) is 11.1. The number of amides is 1. The average molecular weight is 409 g/mol. The van der Waals surface area contributed by atoms with Gasteiger partial charge in [-0.3, -0.25) is 9.69 Å². The number of carbonyl (C=O) groups is 1. The molecule has 2 saturated heterocycles. The normalized spacial score (nSPS) is 25.9.